The van der Waals surface area contributed by atoms with E-state index in [0.717, 1.165) is 22.3 Å². The molecule has 0 aliphatic heterocycles. The van der Waals surface area contributed by atoms with Gasteiger partial charge in [-0.1, -0.05) is 72.8 Å². The fourth-order valence-electron chi connectivity index (χ4n) is 4.19. The molecular formula is C25H14N4. The average Bonchev–Trinajstić information content (AvgIpc) is 3.12. The van der Waals surface area contributed by atoms with Crippen molar-refractivity contribution in [3.05, 3.63) is 95.1 Å². The van der Waals surface area contributed by atoms with E-state index in [1.807, 2.05) is 60.7 Å². The van der Waals surface area contributed by atoms with Crippen molar-refractivity contribution >= 4 is 0 Å². The Balaban J connectivity index is 1.92. The van der Waals surface area contributed by atoms with E-state index < -0.39 is 17.3 Å². The van der Waals surface area contributed by atoms with Crippen LogP contribution in [0.15, 0.2) is 72.8 Å². The molecule has 0 fully saturated rings. The Bertz CT molecular complexity index is 1190. The summed E-state index contributed by atoms with van der Waals surface area (Å²) in [4.78, 5) is 0. The molecule has 29 heavy (non-hydrogen) atoms. The lowest BCUT2D eigenvalue weighted by atomic mass is 9.68. The van der Waals surface area contributed by atoms with E-state index >= 15 is 0 Å². The van der Waals surface area contributed by atoms with Gasteiger partial charge in [0, 0.05) is 5.92 Å². The van der Waals surface area contributed by atoms with Crippen molar-refractivity contribution in [2.75, 3.05) is 0 Å². The first kappa shape index (κ1) is 18.0. The minimum absolute atomic E-state index is 0.432. The zero-order chi connectivity index (χ0) is 20.4. The third-order valence-corrected chi connectivity index (χ3v) is 5.58. The molecule has 0 spiro atoms. The zero-order valence-corrected chi connectivity index (χ0v) is 15.4. The molecule has 1 aliphatic rings. The van der Waals surface area contributed by atoms with Crippen LogP contribution < -0.4 is 0 Å². The van der Waals surface area contributed by atoms with E-state index in [9.17, 15) is 10.5 Å². The Labute approximate surface area is 169 Å². The van der Waals surface area contributed by atoms with Crippen LogP contribution in [0.4, 0.5) is 0 Å². The lowest BCUT2D eigenvalue weighted by Crippen LogP contribution is -2.30. The summed E-state index contributed by atoms with van der Waals surface area (Å²) in [7, 11) is 0. The maximum atomic E-state index is 10.2. The van der Waals surface area contributed by atoms with E-state index in [1.54, 1.807) is 24.3 Å². The molecule has 0 saturated heterocycles. The maximum Gasteiger partial charge on any atom is 0.179 e. The summed E-state index contributed by atoms with van der Waals surface area (Å²) in [5, 5.41) is 38.7. The maximum absolute atomic E-state index is 10.2. The molecule has 0 N–H and O–H groups in total. The summed E-state index contributed by atoms with van der Waals surface area (Å²) in [6, 6.07) is 30.9. The van der Waals surface area contributed by atoms with Crippen molar-refractivity contribution in [2.45, 2.75) is 17.3 Å². The number of hydrogen-bond donors (Lipinski definition) is 0. The molecule has 0 bridgehead atoms. The molecule has 4 rings (SSSR count). The Hall–Kier alpha value is -4.38. The van der Waals surface area contributed by atoms with E-state index in [0.29, 0.717) is 11.1 Å². The van der Waals surface area contributed by atoms with Crippen LogP contribution in [-0.2, 0) is 5.41 Å². The molecule has 0 unspecified atom stereocenters. The van der Waals surface area contributed by atoms with Crippen molar-refractivity contribution in [3.8, 4) is 35.4 Å². The zero-order valence-electron chi connectivity index (χ0n) is 15.4. The first-order chi connectivity index (χ1) is 14.2. The van der Waals surface area contributed by atoms with Crippen LogP contribution in [0.3, 0.4) is 0 Å². The molecule has 1 aliphatic carbocycles. The quantitative estimate of drug-likeness (QED) is 0.654. The predicted molar refractivity (Wildman–Crippen MR) is 107 cm³/mol. The Morgan fingerprint density at radius 1 is 0.655 bits per heavy atom. The van der Waals surface area contributed by atoms with Crippen molar-refractivity contribution in [2.24, 2.45) is 0 Å². The summed E-state index contributed by atoms with van der Waals surface area (Å²) in [6.45, 7) is 0. The topological polar surface area (TPSA) is 95.2 Å². The summed E-state index contributed by atoms with van der Waals surface area (Å²) in [6.07, 6.45) is 0. The van der Waals surface area contributed by atoms with Crippen LogP contribution in [0.1, 0.15) is 34.1 Å². The SMILES string of the molecule is N#CC(C#N)c1ccc(C(C#N)(C#N)C2c3ccccc3-c3ccccc32)cc1. The standard InChI is InChI=1S/C25H14N4/c26-13-18(14-27)17-9-11-19(12-10-17)25(15-28,16-29)24-22-7-3-1-5-20(22)21-6-2-4-8-23(21)24/h1-12,18,24H. The van der Waals surface area contributed by atoms with Crippen molar-refractivity contribution in [3.63, 3.8) is 0 Å². The first-order valence-corrected chi connectivity index (χ1v) is 9.10. The second-order valence-corrected chi connectivity index (χ2v) is 6.95. The van der Waals surface area contributed by atoms with Gasteiger partial charge in [-0.3, -0.25) is 0 Å². The molecule has 0 atom stereocenters. The normalized spacial score (nSPS) is 12.2. The second kappa shape index (κ2) is 6.98. The fourth-order valence-corrected chi connectivity index (χ4v) is 4.19. The number of rotatable bonds is 3. The van der Waals surface area contributed by atoms with Gasteiger partial charge in [-0.05, 0) is 33.4 Å². The molecule has 4 nitrogen and oxygen atoms in total. The number of benzene rings is 3. The fraction of sp³-hybridized carbons (Fsp3) is 0.120. The number of fused-ring (bicyclic) bond motifs is 3. The van der Waals surface area contributed by atoms with Crippen molar-refractivity contribution in [1.29, 1.82) is 21.0 Å². The summed E-state index contributed by atoms with van der Waals surface area (Å²) in [5.41, 5.74) is 3.65. The highest BCUT2D eigenvalue weighted by Crippen LogP contribution is 2.53. The lowest BCUT2D eigenvalue weighted by molar-refractivity contribution is 0.614. The second-order valence-electron chi connectivity index (χ2n) is 6.95. The molecule has 4 heteroatoms. The molecule has 0 aromatic heterocycles. The number of nitriles is 4. The summed E-state index contributed by atoms with van der Waals surface area (Å²) < 4.78 is 0. The Morgan fingerprint density at radius 2 is 1.14 bits per heavy atom. The largest absolute Gasteiger partial charge is 0.196 e. The molecule has 3 aromatic carbocycles. The Kier molecular flexibility index (Phi) is 4.33. The highest BCUT2D eigenvalue weighted by molar-refractivity contribution is 5.81. The molecule has 0 saturated carbocycles. The van der Waals surface area contributed by atoms with Gasteiger partial charge in [0.05, 0.1) is 24.3 Å². The minimum atomic E-state index is -1.43. The van der Waals surface area contributed by atoms with Gasteiger partial charge in [-0.25, -0.2) is 0 Å². The van der Waals surface area contributed by atoms with Crippen LogP contribution in [0, 0.1) is 45.3 Å². The summed E-state index contributed by atoms with van der Waals surface area (Å²) in [5.74, 6) is -1.31. The molecular weight excluding hydrogens is 356 g/mol. The predicted octanol–water partition coefficient (Wildman–Crippen LogP) is 4.91. The van der Waals surface area contributed by atoms with Crippen LogP contribution in [0.25, 0.3) is 11.1 Å². The van der Waals surface area contributed by atoms with E-state index in [1.165, 1.54) is 0 Å². The third kappa shape index (κ3) is 2.56. The number of nitrogens with zero attached hydrogens (tertiary/aromatic N) is 4. The van der Waals surface area contributed by atoms with E-state index in [2.05, 4.69) is 12.1 Å². The van der Waals surface area contributed by atoms with Crippen molar-refractivity contribution in [1.82, 2.24) is 0 Å². The van der Waals surface area contributed by atoms with Crippen molar-refractivity contribution < 1.29 is 0 Å². The molecule has 0 heterocycles. The minimum Gasteiger partial charge on any atom is -0.196 e. The lowest BCUT2D eigenvalue weighted by Gasteiger charge is -2.28. The highest BCUT2D eigenvalue weighted by Gasteiger charge is 2.47. The summed E-state index contributed by atoms with van der Waals surface area (Å²) >= 11 is 0. The number of hydrogen-bond acceptors (Lipinski definition) is 4. The molecule has 0 radical (unpaired) electrons. The smallest absolute Gasteiger partial charge is 0.179 e. The van der Waals surface area contributed by atoms with Gasteiger partial charge >= 0.3 is 0 Å². The van der Waals surface area contributed by atoms with Gasteiger partial charge in [-0.2, -0.15) is 21.0 Å². The van der Waals surface area contributed by atoms with Crippen LogP contribution in [0.5, 0.6) is 0 Å². The molecule has 3 aromatic rings. The van der Waals surface area contributed by atoms with Gasteiger partial charge in [0.2, 0.25) is 0 Å². The van der Waals surface area contributed by atoms with Gasteiger partial charge in [0.1, 0.15) is 0 Å². The van der Waals surface area contributed by atoms with Gasteiger partial charge in [0.15, 0.2) is 11.3 Å². The average molecular weight is 370 g/mol. The third-order valence-electron chi connectivity index (χ3n) is 5.58. The molecule has 0 amide bonds. The Morgan fingerprint density at radius 3 is 1.59 bits per heavy atom. The van der Waals surface area contributed by atoms with Gasteiger partial charge in [0.25, 0.3) is 0 Å². The van der Waals surface area contributed by atoms with Crippen LogP contribution in [-0.4, -0.2) is 0 Å². The van der Waals surface area contributed by atoms with E-state index in [-0.39, 0.29) is 0 Å². The first-order valence-electron chi connectivity index (χ1n) is 9.10. The van der Waals surface area contributed by atoms with Gasteiger partial charge < -0.3 is 0 Å². The highest BCUT2D eigenvalue weighted by atomic mass is 14.5. The van der Waals surface area contributed by atoms with Crippen LogP contribution in [0.2, 0.25) is 0 Å². The molecule has 134 valence electrons. The monoisotopic (exact) mass is 370 g/mol. The van der Waals surface area contributed by atoms with E-state index in [4.69, 9.17) is 10.5 Å². The van der Waals surface area contributed by atoms with Crippen LogP contribution >= 0.6 is 0 Å². The van der Waals surface area contributed by atoms with Gasteiger partial charge in [-0.15, -0.1) is 0 Å².